The molecule has 1 rings (SSSR count). The Balaban J connectivity index is 3.25. The molecule has 0 radical (unpaired) electrons. The molecule has 1 aromatic carbocycles. The summed E-state index contributed by atoms with van der Waals surface area (Å²) in [5, 5.41) is 3.12. The van der Waals surface area contributed by atoms with Gasteiger partial charge in [0, 0.05) is 18.2 Å². The van der Waals surface area contributed by atoms with Gasteiger partial charge in [-0.1, -0.05) is 11.6 Å². The summed E-state index contributed by atoms with van der Waals surface area (Å²) in [5.41, 5.74) is -1.18. The van der Waals surface area contributed by atoms with E-state index in [0.29, 0.717) is 22.1 Å². The molecule has 1 N–H and O–H groups in total. The maximum absolute atomic E-state index is 14.4. The average molecular weight is 262 g/mol. The largest absolute Gasteiger partial charge is 0.493 e. The van der Waals surface area contributed by atoms with E-state index in [-0.39, 0.29) is 6.54 Å². The molecule has 0 aliphatic heterocycles. The molecule has 1 unspecified atom stereocenters. The van der Waals surface area contributed by atoms with Crippen LogP contribution in [0.2, 0.25) is 5.02 Å². The minimum atomic E-state index is -1.56. The van der Waals surface area contributed by atoms with Crippen LogP contribution in [0.4, 0.5) is 4.39 Å². The van der Waals surface area contributed by atoms with Crippen molar-refractivity contribution in [2.45, 2.75) is 12.6 Å². The molecule has 0 heterocycles. The Morgan fingerprint density at radius 2 is 1.82 bits per heavy atom. The maximum atomic E-state index is 14.4. The zero-order valence-corrected chi connectivity index (χ0v) is 11.2. The summed E-state index contributed by atoms with van der Waals surface area (Å²) >= 11 is 6.05. The number of methoxy groups -OCH3 is 2. The smallest absolute Gasteiger partial charge is 0.162 e. The number of ether oxygens (including phenoxy) is 2. The molecule has 5 heteroatoms. The molecule has 0 bridgehead atoms. The Bertz CT molecular complexity index is 396. The Morgan fingerprint density at radius 1 is 1.29 bits per heavy atom. The Hall–Kier alpha value is -1.00. The zero-order valence-electron chi connectivity index (χ0n) is 10.4. The number of hydrogen-bond donors (Lipinski definition) is 1. The van der Waals surface area contributed by atoms with Crippen molar-refractivity contribution in [2.75, 3.05) is 27.8 Å². The lowest BCUT2D eigenvalue weighted by Crippen LogP contribution is -2.29. The fraction of sp³-hybridized carbons (Fsp3) is 0.500. The topological polar surface area (TPSA) is 30.5 Å². The van der Waals surface area contributed by atoms with Crippen LogP contribution in [0.15, 0.2) is 12.1 Å². The van der Waals surface area contributed by atoms with Gasteiger partial charge < -0.3 is 14.8 Å². The average Bonchev–Trinajstić information content (AvgIpc) is 2.28. The Morgan fingerprint density at radius 3 is 2.29 bits per heavy atom. The van der Waals surface area contributed by atoms with E-state index in [1.165, 1.54) is 21.1 Å². The van der Waals surface area contributed by atoms with Gasteiger partial charge in [0.25, 0.3) is 0 Å². The molecule has 0 spiro atoms. The number of alkyl halides is 1. The summed E-state index contributed by atoms with van der Waals surface area (Å²) in [5.74, 6) is 0.952. The quantitative estimate of drug-likeness (QED) is 0.884. The van der Waals surface area contributed by atoms with Crippen LogP contribution in [0.1, 0.15) is 12.5 Å². The van der Waals surface area contributed by atoms with Gasteiger partial charge in [-0.15, -0.1) is 0 Å². The molecule has 0 amide bonds. The van der Waals surface area contributed by atoms with Crippen molar-refractivity contribution in [3.8, 4) is 11.5 Å². The molecule has 3 nitrogen and oxygen atoms in total. The number of benzene rings is 1. The number of hydrogen-bond acceptors (Lipinski definition) is 3. The van der Waals surface area contributed by atoms with E-state index in [1.807, 2.05) is 0 Å². The van der Waals surface area contributed by atoms with Crippen LogP contribution in [0.25, 0.3) is 0 Å². The van der Waals surface area contributed by atoms with Gasteiger partial charge in [-0.3, -0.25) is 0 Å². The van der Waals surface area contributed by atoms with Gasteiger partial charge in [0.1, 0.15) is 5.67 Å². The maximum Gasteiger partial charge on any atom is 0.162 e. The van der Waals surface area contributed by atoms with Crippen LogP contribution in [0.3, 0.4) is 0 Å². The predicted octanol–water partition coefficient (Wildman–Crippen LogP) is 2.76. The normalized spacial score (nSPS) is 14.2. The van der Waals surface area contributed by atoms with E-state index in [2.05, 4.69) is 5.32 Å². The molecule has 1 aromatic rings. The summed E-state index contributed by atoms with van der Waals surface area (Å²) in [6, 6.07) is 3.13. The molecule has 1 atom stereocenters. The third kappa shape index (κ3) is 3.01. The molecule has 0 aromatic heterocycles. The fourth-order valence-corrected chi connectivity index (χ4v) is 2.03. The van der Waals surface area contributed by atoms with E-state index >= 15 is 0 Å². The fourth-order valence-electron chi connectivity index (χ4n) is 1.68. The lowest BCUT2D eigenvalue weighted by molar-refractivity contribution is 0.190. The molecule has 0 saturated carbocycles. The van der Waals surface area contributed by atoms with Crippen molar-refractivity contribution in [3.05, 3.63) is 22.7 Å². The summed E-state index contributed by atoms with van der Waals surface area (Å²) in [6.07, 6.45) is 0. The minimum absolute atomic E-state index is 0.169. The van der Waals surface area contributed by atoms with Gasteiger partial charge >= 0.3 is 0 Å². The van der Waals surface area contributed by atoms with Crippen LogP contribution < -0.4 is 14.8 Å². The molecule has 17 heavy (non-hydrogen) atoms. The SMILES string of the molecule is CNCC(C)(F)c1cc(OC)c(OC)cc1Cl. The first-order valence-corrected chi connectivity index (χ1v) is 5.59. The second kappa shape index (κ2) is 5.56. The van der Waals surface area contributed by atoms with Crippen LogP contribution in [0, 0.1) is 0 Å². The van der Waals surface area contributed by atoms with Crippen molar-refractivity contribution >= 4 is 11.6 Å². The van der Waals surface area contributed by atoms with Gasteiger partial charge in [-0.2, -0.15) is 0 Å². The van der Waals surface area contributed by atoms with Gasteiger partial charge in [0.2, 0.25) is 0 Å². The molecule has 0 aliphatic rings. The number of rotatable bonds is 5. The Labute approximate surface area is 106 Å². The first-order chi connectivity index (χ1) is 7.96. The molecular weight excluding hydrogens is 245 g/mol. The second-order valence-electron chi connectivity index (χ2n) is 3.91. The van der Waals surface area contributed by atoms with E-state index in [1.54, 1.807) is 19.2 Å². The first-order valence-electron chi connectivity index (χ1n) is 5.21. The number of likely N-dealkylation sites (N-methyl/N-ethyl adjacent to an activating group) is 1. The molecule has 0 fully saturated rings. The minimum Gasteiger partial charge on any atom is -0.493 e. The van der Waals surface area contributed by atoms with Gasteiger partial charge in [-0.25, -0.2) is 4.39 Å². The summed E-state index contributed by atoms with van der Waals surface area (Å²) < 4.78 is 24.6. The molecule has 0 aliphatic carbocycles. The van der Waals surface area contributed by atoms with Crippen LogP contribution in [-0.4, -0.2) is 27.8 Å². The van der Waals surface area contributed by atoms with Crippen LogP contribution in [0.5, 0.6) is 11.5 Å². The number of halogens is 2. The van der Waals surface area contributed by atoms with Gasteiger partial charge in [0.15, 0.2) is 11.5 Å². The van der Waals surface area contributed by atoms with Crippen molar-refractivity contribution < 1.29 is 13.9 Å². The molecule has 96 valence electrons. The van der Waals surface area contributed by atoms with Crippen LogP contribution >= 0.6 is 11.6 Å². The van der Waals surface area contributed by atoms with E-state index in [9.17, 15) is 4.39 Å². The molecular formula is C12H17ClFNO2. The third-order valence-electron chi connectivity index (χ3n) is 2.54. The van der Waals surface area contributed by atoms with Crippen molar-refractivity contribution in [1.82, 2.24) is 5.32 Å². The standard InChI is InChI=1S/C12H17ClFNO2/c1-12(14,7-15-2)8-5-10(16-3)11(17-4)6-9(8)13/h5-6,15H,7H2,1-4H3. The van der Waals surface area contributed by atoms with Crippen molar-refractivity contribution in [3.63, 3.8) is 0 Å². The predicted molar refractivity (Wildman–Crippen MR) is 66.9 cm³/mol. The van der Waals surface area contributed by atoms with Crippen LogP contribution in [-0.2, 0) is 5.67 Å². The lowest BCUT2D eigenvalue weighted by atomic mass is 9.97. The van der Waals surface area contributed by atoms with E-state index in [4.69, 9.17) is 21.1 Å². The lowest BCUT2D eigenvalue weighted by Gasteiger charge is -2.23. The van der Waals surface area contributed by atoms with Gasteiger partial charge in [-0.05, 0) is 20.0 Å². The monoisotopic (exact) mass is 261 g/mol. The number of nitrogens with one attached hydrogen (secondary N) is 1. The highest BCUT2D eigenvalue weighted by molar-refractivity contribution is 6.31. The van der Waals surface area contributed by atoms with Crippen molar-refractivity contribution in [1.29, 1.82) is 0 Å². The summed E-state index contributed by atoms with van der Waals surface area (Å²) in [6.45, 7) is 1.64. The second-order valence-corrected chi connectivity index (χ2v) is 4.32. The van der Waals surface area contributed by atoms with E-state index < -0.39 is 5.67 Å². The summed E-state index contributed by atoms with van der Waals surface area (Å²) in [4.78, 5) is 0. The third-order valence-corrected chi connectivity index (χ3v) is 2.86. The van der Waals surface area contributed by atoms with Gasteiger partial charge in [0.05, 0.1) is 19.2 Å². The highest BCUT2D eigenvalue weighted by Gasteiger charge is 2.29. The highest BCUT2D eigenvalue weighted by Crippen LogP contribution is 2.39. The summed E-state index contributed by atoms with van der Waals surface area (Å²) in [7, 11) is 4.70. The highest BCUT2D eigenvalue weighted by atomic mass is 35.5. The zero-order chi connectivity index (χ0) is 13.1. The molecule has 0 saturated heterocycles. The first kappa shape index (κ1) is 14.1. The Kier molecular flexibility index (Phi) is 4.60. The van der Waals surface area contributed by atoms with Crippen molar-refractivity contribution in [2.24, 2.45) is 0 Å². The van der Waals surface area contributed by atoms with E-state index in [0.717, 1.165) is 0 Å².